The predicted octanol–water partition coefficient (Wildman–Crippen LogP) is 1.52. The average Bonchev–Trinajstić information content (AvgIpc) is 2.88. The lowest BCUT2D eigenvalue weighted by molar-refractivity contribution is 0.580. The number of nitrogens with two attached hydrogens (primary N) is 1. The van der Waals surface area contributed by atoms with Crippen LogP contribution in [0.2, 0.25) is 0 Å². The van der Waals surface area contributed by atoms with Crippen LogP contribution in [0.1, 0.15) is 16.0 Å². The van der Waals surface area contributed by atoms with Gasteiger partial charge in [0.2, 0.25) is 10.0 Å². The van der Waals surface area contributed by atoms with Crippen LogP contribution in [0, 0.1) is 13.8 Å². The fraction of sp³-hybridized carbons (Fsp3) is 0.250. The number of nitrogens with zero attached hydrogens (tertiary/aromatic N) is 1. The molecule has 0 saturated heterocycles. The minimum Gasteiger partial charge on any atom is -0.324 e. The summed E-state index contributed by atoms with van der Waals surface area (Å²) < 4.78 is 27.4. The average molecular weight is 312 g/mol. The topological polar surface area (TPSA) is 97.1 Å². The van der Waals surface area contributed by atoms with E-state index in [9.17, 15) is 8.42 Å². The Morgan fingerprint density at radius 3 is 2.45 bits per heavy atom. The molecule has 0 spiro atoms. The molecule has 1 aromatic carbocycles. The molecule has 4 N–H and O–H groups in total. The summed E-state index contributed by atoms with van der Waals surface area (Å²) in [5.41, 5.74) is 6.17. The maximum Gasteiger partial charge on any atom is 0.241 e. The number of hydrazine groups is 1. The van der Waals surface area contributed by atoms with Gasteiger partial charge in [-0.15, -0.1) is 11.3 Å². The summed E-state index contributed by atoms with van der Waals surface area (Å²) in [5.74, 6) is 5.35. The molecule has 0 unspecified atom stereocenters. The van der Waals surface area contributed by atoms with Crippen molar-refractivity contribution in [2.75, 3.05) is 5.43 Å². The fourth-order valence-electron chi connectivity index (χ4n) is 2.03. The van der Waals surface area contributed by atoms with Gasteiger partial charge < -0.3 is 5.43 Å². The van der Waals surface area contributed by atoms with E-state index in [1.54, 1.807) is 37.7 Å². The summed E-state index contributed by atoms with van der Waals surface area (Å²) >= 11 is 1.41. The molecular weight excluding hydrogens is 296 g/mol. The van der Waals surface area contributed by atoms with Crippen molar-refractivity contribution in [1.82, 2.24) is 9.71 Å². The molecule has 0 radical (unpaired) electrons. The smallest absolute Gasteiger partial charge is 0.241 e. The van der Waals surface area contributed by atoms with Gasteiger partial charge in [0, 0.05) is 23.3 Å². The summed E-state index contributed by atoms with van der Waals surface area (Å²) in [6, 6.07) is 3.41. The van der Waals surface area contributed by atoms with Crippen molar-refractivity contribution < 1.29 is 8.42 Å². The van der Waals surface area contributed by atoms with Crippen molar-refractivity contribution in [2.45, 2.75) is 25.3 Å². The largest absolute Gasteiger partial charge is 0.324 e. The highest BCUT2D eigenvalue weighted by molar-refractivity contribution is 7.89. The Morgan fingerprint density at radius 2 is 1.95 bits per heavy atom. The summed E-state index contributed by atoms with van der Waals surface area (Å²) in [6.07, 6.45) is 1.65. The van der Waals surface area contributed by atoms with Crippen molar-refractivity contribution in [3.8, 4) is 0 Å². The third-order valence-corrected chi connectivity index (χ3v) is 5.30. The Balaban J connectivity index is 2.29. The number of anilines is 1. The van der Waals surface area contributed by atoms with Crippen molar-refractivity contribution >= 4 is 27.0 Å². The van der Waals surface area contributed by atoms with E-state index in [1.807, 2.05) is 0 Å². The van der Waals surface area contributed by atoms with Crippen LogP contribution in [-0.4, -0.2) is 13.4 Å². The Bertz CT molecular complexity index is 673. The fourth-order valence-corrected chi connectivity index (χ4v) is 4.11. The van der Waals surface area contributed by atoms with Gasteiger partial charge in [0.05, 0.1) is 10.4 Å². The third kappa shape index (κ3) is 3.15. The summed E-state index contributed by atoms with van der Waals surface area (Å²) in [7, 11) is -3.56. The second-order valence-electron chi connectivity index (χ2n) is 4.38. The van der Waals surface area contributed by atoms with Gasteiger partial charge in [-0.05, 0) is 37.1 Å². The predicted molar refractivity (Wildman–Crippen MR) is 79.9 cm³/mol. The quantitative estimate of drug-likeness (QED) is 0.574. The van der Waals surface area contributed by atoms with Crippen LogP contribution in [0.25, 0.3) is 0 Å². The second-order valence-corrected chi connectivity index (χ2v) is 7.05. The number of hydrogen-bond acceptors (Lipinski definition) is 6. The van der Waals surface area contributed by atoms with Gasteiger partial charge in [0.15, 0.2) is 0 Å². The van der Waals surface area contributed by atoms with Gasteiger partial charge in [0.1, 0.15) is 0 Å². The minimum atomic E-state index is -3.56. The van der Waals surface area contributed by atoms with E-state index in [0.717, 1.165) is 4.88 Å². The summed E-state index contributed by atoms with van der Waals surface area (Å²) in [4.78, 5) is 5.07. The van der Waals surface area contributed by atoms with Crippen LogP contribution < -0.4 is 16.0 Å². The SMILES string of the molecule is Cc1cc(NN)cc(C)c1S(=O)(=O)NCc1cncs1. The second kappa shape index (κ2) is 5.88. The van der Waals surface area contributed by atoms with Crippen LogP contribution in [0.5, 0.6) is 0 Å². The number of aryl methyl sites for hydroxylation is 2. The standard InChI is InChI=1S/C12H16N4O2S2/c1-8-3-10(16-13)4-9(2)12(8)20(17,18)15-6-11-5-14-7-19-11/h3-5,7,15-16H,6,13H2,1-2H3. The molecular formula is C12H16N4O2S2. The zero-order valence-electron chi connectivity index (χ0n) is 11.2. The summed E-state index contributed by atoms with van der Waals surface area (Å²) in [5, 5.41) is 0. The number of aromatic nitrogens is 1. The summed E-state index contributed by atoms with van der Waals surface area (Å²) in [6.45, 7) is 3.73. The first-order chi connectivity index (χ1) is 9.44. The number of sulfonamides is 1. The molecule has 2 aromatic rings. The first kappa shape index (κ1) is 14.9. The Labute approximate surface area is 122 Å². The maximum atomic E-state index is 12.4. The van der Waals surface area contributed by atoms with E-state index in [0.29, 0.717) is 21.7 Å². The molecule has 0 aliphatic rings. The molecule has 8 heteroatoms. The number of hydrogen-bond donors (Lipinski definition) is 3. The molecule has 0 fully saturated rings. The van der Waals surface area contributed by atoms with E-state index >= 15 is 0 Å². The van der Waals surface area contributed by atoms with Crippen molar-refractivity contribution in [3.63, 3.8) is 0 Å². The molecule has 0 atom stereocenters. The highest BCUT2D eigenvalue weighted by Gasteiger charge is 2.20. The Hall–Kier alpha value is -1.48. The molecule has 0 aliphatic heterocycles. The monoisotopic (exact) mass is 312 g/mol. The molecule has 0 saturated carbocycles. The lowest BCUT2D eigenvalue weighted by Gasteiger charge is -2.13. The van der Waals surface area contributed by atoms with Crippen LogP contribution in [-0.2, 0) is 16.6 Å². The first-order valence-electron chi connectivity index (χ1n) is 5.89. The molecule has 0 bridgehead atoms. The normalized spacial score (nSPS) is 11.6. The van der Waals surface area contributed by atoms with E-state index in [4.69, 9.17) is 5.84 Å². The zero-order valence-corrected chi connectivity index (χ0v) is 12.8. The van der Waals surface area contributed by atoms with E-state index < -0.39 is 10.0 Å². The van der Waals surface area contributed by atoms with Gasteiger partial charge in [-0.3, -0.25) is 10.8 Å². The van der Waals surface area contributed by atoms with Crippen LogP contribution in [0.4, 0.5) is 5.69 Å². The third-order valence-electron chi connectivity index (χ3n) is 2.82. The first-order valence-corrected chi connectivity index (χ1v) is 8.25. The Morgan fingerprint density at radius 1 is 1.30 bits per heavy atom. The molecule has 6 nitrogen and oxygen atoms in total. The number of rotatable bonds is 5. The van der Waals surface area contributed by atoms with Gasteiger partial charge in [-0.2, -0.15) is 0 Å². The molecule has 108 valence electrons. The number of benzene rings is 1. The molecule has 20 heavy (non-hydrogen) atoms. The van der Waals surface area contributed by atoms with E-state index in [2.05, 4.69) is 15.1 Å². The van der Waals surface area contributed by atoms with Gasteiger partial charge >= 0.3 is 0 Å². The molecule has 1 aromatic heterocycles. The van der Waals surface area contributed by atoms with Gasteiger partial charge in [-0.25, -0.2) is 13.1 Å². The molecule has 2 rings (SSSR count). The van der Waals surface area contributed by atoms with Crippen LogP contribution >= 0.6 is 11.3 Å². The number of nitrogen functional groups attached to an aromatic ring is 1. The van der Waals surface area contributed by atoms with Gasteiger partial charge in [-0.1, -0.05) is 0 Å². The number of thiazole rings is 1. The van der Waals surface area contributed by atoms with Crippen molar-refractivity contribution in [3.05, 3.63) is 39.8 Å². The van der Waals surface area contributed by atoms with E-state index in [1.165, 1.54) is 11.3 Å². The molecule has 1 heterocycles. The van der Waals surface area contributed by atoms with Crippen molar-refractivity contribution in [2.24, 2.45) is 5.84 Å². The maximum absolute atomic E-state index is 12.4. The highest BCUT2D eigenvalue weighted by atomic mass is 32.2. The Kier molecular flexibility index (Phi) is 4.39. The van der Waals surface area contributed by atoms with Crippen LogP contribution in [0.15, 0.2) is 28.7 Å². The molecule has 0 aliphatic carbocycles. The van der Waals surface area contributed by atoms with Crippen LogP contribution in [0.3, 0.4) is 0 Å². The van der Waals surface area contributed by atoms with Crippen molar-refractivity contribution in [1.29, 1.82) is 0 Å². The minimum absolute atomic E-state index is 0.239. The molecule has 0 amide bonds. The lowest BCUT2D eigenvalue weighted by atomic mass is 10.1. The zero-order chi connectivity index (χ0) is 14.8. The lowest BCUT2D eigenvalue weighted by Crippen LogP contribution is -2.24. The number of nitrogens with one attached hydrogen (secondary N) is 2. The van der Waals surface area contributed by atoms with E-state index in [-0.39, 0.29) is 6.54 Å². The highest BCUT2D eigenvalue weighted by Crippen LogP contribution is 2.24. The van der Waals surface area contributed by atoms with Gasteiger partial charge in [0.25, 0.3) is 0 Å².